The number of hydrogen-bond donors (Lipinski definition) is 2. The highest BCUT2D eigenvalue weighted by atomic mass is 32.2. The molecular formula is C11H10N2O3S. The first-order valence-electron chi connectivity index (χ1n) is 4.66. The predicted molar refractivity (Wildman–Crippen MR) is 63.8 cm³/mol. The number of aromatic carboxylic acids is 1. The zero-order valence-corrected chi connectivity index (χ0v) is 9.66. The fourth-order valence-corrected chi connectivity index (χ4v) is 1.72. The molecule has 1 amide bonds. The minimum absolute atomic E-state index is 0.0426. The van der Waals surface area contributed by atoms with Crippen molar-refractivity contribution in [3.63, 3.8) is 0 Å². The Labute approximate surface area is 103 Å². The number of nitrogens with zero attached hydrogens (tertiary/aromatic N) is 1. The molecule has 0 aliphatic rings. The molecule has 0 aliphatic heterocycles. The Kier molecular flexibility index (Phi) is 5.04. The molecule has 0 unspecified atom stereocenters. The number of hydrogen-bond acceptors (Lipinski definition) is 4. The van der Waals surface area contributed by atoms with Crippen LogP contribution in [0, 0.1) is 12.3 Å². The van der Waals surface area contributed by atoms with Gasteiger partial charge in [0.25, 0.3) is 0 Å². The third-order valence-corrected chi connectivity index (χ3v) is 2.70. The van der Waals surface area contributed by atoms with E-state index in [1.165, 1.54) is 24.0 Å². The van der Waals surface area contributed by atoms with E-state index in [0.717, 1.165) is 0 Å². The summed E-state index contributed by atoms with van der Waals surface area (Å²) < 4.78 is 0. The molecule has 6 heteroatoms. The predicted octanol–water partition coefficient (Wildman–Crippen LogP) is 0.621. The summed E-state index contributed by atoms with van der Waals surface area (Å²) in [7, 11) is 0. The highest BCUT2D eigenvalue weighted by Crippen LogP contribution is 2.17. The average molecular weight is 250 g/mol. The first-order chi connectivity index (χ1) is 8.13. The fourth-order valence-electron chi connectivity index (χ4n) is 0.967. The summed E-state index contributed by atoms with van der Waals surface area (Å²) in [5, 5.41) is 11.2. The van der Waals surface area contributed by atoms with Crippen LogP contribution in [0.1, 0.15) is 10.5 Å². The Morgan fingerprint density at radius 3 is 3.00 bits per heavy atom. The largest absolute Gasteiger partial charge is 0.477 e. The number of aromatic nitrogens is 1. The summed E-state index contributed by atoms with van der Waals surface area (Å²) in [4.78, 5) is 26.2. The maximum atomic E-state index is 11.2. The molecule has 0 saturated carbocycles. The molecule has 0 atom stereocenters. The van der Waals surface area contributed by atoms with Crippen LogP contribution in [0.15, 0.2) is 23.2 Å². The molecule has 1 aromatic heterocycles. The lowest BCUT2D eigenvalue weighted by Crippen LogP contribution is -2.25. The van der Waals surface area contributed by atoms with Crippen LogP contribution < -0.4 is 5.32 Å². The average Bonchev–Trinajstić information content (AvgIpc) is 2.34. The number of carbonyl (C=O) groups excluding carboxylic acids is 1. The number of carboxylic acids is 1. The van der Waals surface area contributed by atoms with E-state index in [0.29, 0.717) is 4.90 Å². The highest BCUT2D eigenvalue weighted by Gasteiger charge is 2.06. The van der Waals surface area contributed by atoms with Crippen molar-refractivity contribution in [2.75, 3.05) is 12.3 Å². The summed E-state index contributed by atoms with van der Waals surface area (Å²) in [6.07, 6.45) is 6.39. The number of pyridine rings is 1. The third kappa shape index (κ3) is 4.57. The lowest BCUT2D eigenvalue weighted by Gasteiger charge is -2.02. The van der Waals surface area contributed by atoms with Gasteiger partial charge in [-0.25, -0.2) is 9.78 Å². The third-order valence-electron chi connectivity index (χ3n) is 1.71. The fraction of sp³-hybridized carbons (Fsp3) is 0.182. The Morgan fingerprint density at radius 2 is 2.35 bits per heavy atom. The highest BCUT2D eigenvalue weighted by molar-refractivity contribution is 8.00. The summed E-state index contributed by atoms with van der Waals surface area (Å²) in [6.45, 7) is 0.191. The van der Waals surface area contributed by atoms with Gasteiger partial charge in [-0.2, -0.15) is 0 Å². The van der Waals surface area contributed by atoms with Crippen LogP contribution in [0.25, 0.3) is 0 Å². The van der Waals surface area contributed by atoms with Crippen molar-refractivity contribution in [2.24, 2.45) is 0 Å². The lowest BCUT2D eigenvalue weighted by atomic mass is 10.3. The number of nitrogens with one attached hydrogen (secondary N) is 1. The van der Waals surface area contributed by atoms with Gasteiger partial charge in [0.05, 0.1) is 12.3 Å². The molecule has 1 heterocycles. The van der Waals surface area contributed by atoms with Gasteiger partial charge < -0.3 is 10.4 Å². The molecule has 0 bridgehead atoms. The van der Waals surface area contributed by atoms with Crippen LogP contribution >= 0.6 is 11.8 Å². The smallest absolute Gasteiger partial charge is 0.354 e. The van der Waals surface area contributed by atoms with E-state index in [1.807, 2.05) is 0 Å². The number of terminal acetylenes is 1. The number of thioether (sulfide) groups is 1. The van der Waals surface area contributed by atoms with Gasteiger partial charge in [0.1, 0.15) is 5.69 Å². The second-order valence-corrected chi connectivity index (χ2v) is 4.00. The first-order valence-corrected chi connectivity index (χ1v) is 5.64. The maximum Gasteiger partial charge on any atom is 0.354 e. The van der Waals surface area contributed by atoms with Crippen LogP contribution in [0.3, 0.4) is 0 Å². The van der Waals surface area contributed by atoms with Crippen molar-refractivity contribution in [3.05, 3.63) is 24.0 Å². The number of amides is 1. The first kappa shape index (κ1) is 13.1. The lowest BCUT2D eigenvalue weighted by molar-refractivity contribution is -0.118. The van der Waals surface area contributed by atoms with E-state index in [2.05, 4.69) is 16.2 Å². The molecule has 0 fully saturated rings. The van der Waals surface area contributed by atoms with Crippen molar-refractivity contribution in [1.82, 2.24) is 10.3 Å². The SMILES string of the molecule is C#CCNC(=O)CSc1ccnc(C(=O)O)c1. The number of carbonyl (C=O) groups is 2. The minimum atomic E-state index is -1.09. The number of rotatable bonds is 5. The monoisotopic (exact) mass is 250 g/mol. The summed E-state index contributed by atoms with van der Waals surface area (Å²) in [5.74, 6) is 1.19. The molecular weight excluding hydrogens is 240 g/mol. The second kappa shape index (κ2) is 6.55. The van der Waals surface area contributed by atoms with Crippen LogP contribution in [0.2, 0.25) is 0 Å². The summed E-state index contributed by atoms with van der Waals surface area (Å²) in [6, 6.07) is 3.06. The molecule has 2 N–H and O–H groups in total. The molecule has 0 aromatic carbocycles. The van der Waals surface area contributed by atoms with Gasteiger partial charge in [-0.15, -0.1) is 18.2 Å². The van der Waals surface area contributed by atoms with Gasteiger partial charge in [0.2, 0.25) is 5.91 Å². The van der Waals surface area contributed by atoms with Crippen LogP contribution in [0.5, 0.6) is 0 Å². The molecule has 88 valence electrons. The van der Waals surface area contributed by atoms with Crippen molar-refractivity contribution >= 4 is 23.6 Å². The molecule has 0 aliphatic carbocycles. The van der Waals surface area contributed by atoms with Crippen molar-refractivity contribution < 1.29 is 14.7 Å². The molecule has 0 radical (unpaired) electrons. The van der Waals surface area contributed by atoms with Gasteiger partial charge >= 0.3 is 5.97 Å². The van der Waals surface area contributed by atoms with E-state index < -0.39 is 5.97 Å². The van der Waals surface area contributed by atoms with E-state index >= 15 is 0 Å². The quantitative estimate of drug-likeness (QED) is 0.591. The van der Waals surface area contributed by atoms with Gasteiger partial charge in [-0.1, -0.05) is 5.92 Å². The van der Waals surface area contributed by atoms with Crippen molar-refractivity contribution in [3.8, 4) is 12.3 Å². The van der Waals surface area contributed by atoms with E-state index in [4.69, 9.17) is 11.5 Å². The summed E-state index contributed by atoms with van der Waals surface area (Å²) in [5.41, 5.74) is -0.0426. The van der Waals surface area contributed by atoms with Crippen LogP contribution in [-0.2, 0) is 4.79 Å². The van der Waals surface area contributed by atoms with Gasteiger partial charge in [0.15, 0.2) is 0 Å². The van der Waals surface area contributed by atoms with Crippen molar-refractivity contribution in [1.29, 1.82) is 0 Å². The van der Waals surface area contributed by atoms with Crippen LogP contribution in [0.4, 0.5) is 0 Å². The van der Waals surface area contributed by atoms with E-state index in [9.17, 15) is 9.59 Å². The molecule has 0 saturated heterocycles. The Hall–Kier alpha value is -2.00. The topological polar surface area (TPSA) is 79.3 Å². The van der Waals surface area contributed by atoms with E-state index in [-0.39, 0.29) is 23.9 Å². The van der Waals surface area contributed by atoms with Gasteiger partial charge in [0, 0.05) is 11.1 Å². The molecule has 17 heavy (non-hydrogen) atoms. The minimum Gasteiger partial charge on any atom is -0.477 e. The standard InChI is InChI=1S/C11H10N2O3S/c1-2-4-13-10(14)7-17-8-3-5-12-9(6-8)11(15)16/h1,3,5-6H,4,7H2,(H,13,14)(H,15,16). The van der Waals surface area contributed by atoms with E-state index in [1.54, 1.807) is 6.07 Å². The summed E-state index contributed by atoms with van der Waals surface area (Å²) >= 11 is 1.23. The maximum absolute atomic E-state index is 11.2. The van der Waals surface area contributed by atoms with Crippen LogP contribution in [-0.4, -0.2) is 34.3 Å². The van der Waals surface area contributed by atoms with Crippen molar-refractivity contribution in [2.45, 2.75) is 4.90 Å². The molecule has 0 spiro atoms. The zero-order valence-electron chi connectivity index (χ0n) is 8.84. The molecule has 5 nitrogen and oxygen atoms in total. The normalized spacial score (nSPS) is 9.35. The van der Waals surface area contributed by atoms with Gasteiger partial charge in [-0.05, 0) is 12.1 Å². The Morgan fingerprint density at radius 1 is 1.59 bits per heavy atom. The van der Waals surface area contributed by atoms with Gasteiger partial charge in [-0.3, -0.25) is 4.79 Å². The number of carboxylic acid groups (broad SMARTS) is 1. The molecule has 1 aromatic rings. The zero-order chi connectivity index (χ0) is 12.7. The Balaban J connectivity index is 2.52. The molecule has 1 rings (SSSR count). The Bertz CT molecular complexity index is 468. The second-order valence-electron chi connectivity index (χ2n) is 2.95.